The number of hydrogen-bond acceptors (Lipinski definition) is 6. The van der Waals surface area contributed by atoms with E-state index in [-0.39, 0.29) is 24.9 Å². The Hall–Kier alpha value is -0.240. The van der Waals surface area contributed by atoms with Gasteiger partial charge in [-0.1, -0.05) is 40.0 Å². The third kappa shape index (κ3) is 7.49. The molecular weight excluding hydrogens is 324 g/mol. The van der Waals surface area contributed by atoms with Gasteiger partial charge in [-0.3, -0.25) is 0 Å². The maximum absolute atomic E-state index is 9.76. The standard InChI is InChI=1S/C19H38O6/c1-5-8-11-22-16-15(14-20)25-19(21-4)18(24-13-10-7-3)17(16)23-12-9-6-2/h15-20H,5-14H2,1-4H3/t15-,16-,17+,18-,19+/m1/s1. The summed E-state index contributed by atoms with van der Waals surface area (Å²) in [5.74, 6) is 0. The molecule has 0 aromatic heterocycles. The first-order chi connectivity index (χ1) is 12.2. The Morgan fingerprint density at radius 1 is 0.760 bits per heavy atom. The first kappa shape index (κ1) is 22.8. The second-order valence-corrected chi connectivity index (χ2v) is 6.53. The average Bonchev–Trinajstić information content (AvgIpc) is 2.63. The lowest BCUT2D eigenvalue weighted by Gasteiger charge is -2.45. The first-order valence-electron chi connectivity index (χ1n) is 9.87. The van der Waals surface area contributed by atoms with Gasteiger partial charge in [-0.15, -0.1) is 0 Å². The van der Waals surface area contributed by atoms with E-state index < -0.39 is 12.4 Å². The van der Waals surface area contributed by atoms with Crippen LogP contribution in [0.15, 0.2) is 0 Å². The molecule has 150 valence electrons. The fraction of sp³-hybridized carbons (Fsp3) is 1.00. The summed E-state index contributed by atoms with van der Waals surface area (Å²) < 4.78 is 29.7. The van der Waals surface area contributed by atoms with Gasteiger partial charge in [0.15, 0.2) is 6.29 Å². The molecule has 1 rings (SSSR count). The summed E-state index contributed by atoms with van der Waals surface area (Å²) in [6.07, 6.45) is 4.02. The van der Waals surface area contributed by atoms with Crippen LogP contribution in [0.25, 0.3) is 0 Å². The number of ether oxygens (including phenoxy) is 5. The SMILES string of the molecule is CCCCO[C@@H]1[C@@H](OCCCC)[C@@H](OC)O[C@H](CO)[C@H]1OCCCC. The van der Waals surface area contributed by atoms with Crippen molar-refractivity contribution in [2.24, 2.45) is 0 Å². The van der Waals surface area contributed by atoms with Gasteiger partial charge in [0.25, 0.3) is 0 Å². The minimum Gasteiger partial charge on any atom is -0.394 e. The first-order valence-corrected chi connectivity index (χ1v) is 9.87. The van der Waals surface area contributed by atoms with Gasteiger partial charge in [0, 0.05) is 26.9 Å². The van der Waals surface area contributed by atoms with Gasteiger partial charge in [0.1, 0.15) is 24.4 Å². The predicted molar refractivity (Wildman–Crippen MR) is 96.7 cm³/mol. The molecule has 1 saturated heterocycles. The quantitative estimate of drug-likeness (QED) is 0.479. The molecule has 1 fully saturated rings. The molecule has 25 heavy (non-hydrogen) atoms. The third-order valence-electron chi connectivity index (χ3n) is 4.43. The highest BCUT2D eigenvalue weighted by Crippen LogP contribution is 2.29. The van der Waals surface area contributed by atoms with Gasteiger partial charge >= 0.3 is 0 Å². The monoisotopic (exact) mass is 362 g/mol. The molecule has 1 aliphatic rings. The van der Waals surface area contributed by atoms with Gasteiger partial charge in [-0.05, 0) is 19.3 Å². The molecule has 0 spiro atoms. The van der Waals surface area contributed by atoms with E-state index in [1.165, 1.54) is 0 Å². The number of hydrogen-bond donors (Lipinski definition) is 1. The Balaban J connectivity index is 2.87. The Morgan fingerprint density at radius 3 is 1.68 bits per heavy atom. The van der Waals surface area contributed by atoms with Crippen LogP contribution in [0.1, 0.15) is 59.3 Å². The molecule has 0 bridgehead atoms. The van der Waals surface area contributed by atoms with Crippen LogP contribution in [-0.2, 0) is 23.7 Å². The van der Waals surface area contributed by atoms with Gasteiger partial charge in [0.2, 0.25) is 0 Å². The topological polar surface area (TPSA) is 66.4 Å². The lowest BCUT2D eigenvalue weighted by Crippen LogP contribution is -2.61. The third-order valence-corrected chi connectivity index (χ3v) is 4.43. The summed E-state index contributed by atoms with van der Waals surface area (Å²) in [5, 5.41) is 9.76. The summed E-state index contributed by atoms with van der Waals surface area (Å²) in [7, 11) is 1.59. The Morgan fingerprint density at radius 2 is 1.24 bits per heavy atom. The van der Waals surface area contributed by atoms with Crippen LogP contribution in [0.4, 0.5) is 0 Å². The predicted octanol–water partition coefficient (Wildman–Crippen LogP) is 2.91. The van der Waals surface area contributed by atoms with E-state index >= 15 is 0 Å². The molecule has 5 atom stereocenters. The summed E-state index contributed by atoms with van der Waals surface area (Å²) in [6.45, 7) is 8.13. The number of aliphatic hydroxyl groups is 1. The van der Waals surface area contributed by atoms with Crippen LogP contribution in [0.2, 0.25) is 0 Å². The van der Waals surface area contributed by atoms with Crippen LogP contribution < -0.4 is 0 Å². The summed E-state index contributed by atoms with van der Waals surface area (Å²) >= 11 is 0. The largest absolute Gasteiger partial charge is 0.394 e. The summed E-state index contributed by atoms with van der Waals surface area (Å²) in [5.41, 5.74) is 0. The molecule has 6 nitrogen and oxygen atoms in total. The van der Waals surface area contributed by atoms with Crippen LogP contribution >= 0.6 is 0 Å². The molecule has 0 unspecified atom stereocenters. The molecule has 1 N–H and O–H groups in total. The van der Waals surface area contributed by atoms with Gasteiger partial charge < -0.3 is 28.8 Å². The second-order valence-electron chi connectivity index (χ2n) is 6.53. The van der Waals surface area contributed by atoms with Crippen molar-refractivity contribution in [3.05, 3.63) is 0 Å². The average molecular weight is 363 g/mol. The molecule has 0 amide bonds. The zero-order valence-electron chi connectivity index (χ0n) is 16.4. The lowest BCUT2D eigenvalue weighted by molar-refractivity contribution is -0.316. The van der Waals surface area contributed by atoms with Crippen molar-refractivity contribution in [1.29, 1.82) is 0 Å². The highest BCUT2D eigenvalue weighted by atomic mass is 16.7. The van der Waals surface area contributed by atoms with Crippen LogP contribution in [0, 0.1) is 0 Å². The molecule has 0 aromatic carbocycles. The van der Waals surface area contributed by atoms with Gasteiger partial charge in [-0.25, -0.2) is 0 Å². The van der Waals surface area contributed by atoms with Gasteiger partial charge in [0.05, 0.1) is 6.61 Å². The number of methoxy groups -OCH3 is 1. The van der Waals surface area contributed by atoms with Gasteiger partial charge in [-0.2, -0.15) is 0 Å². The van der Waals surface area contributed by atoms with Crippen LogP contribution in [0.5, 0.6) is 0 Å². The Labute approximate surface area is 153 Å². The fourth-order valence-corrected chi connectivity index (χ4v) is 2.87. The van der Waals surface area contributed by atoms with E-state index in [1.807, 2.05) is 0 Å². The molecular formula is C19H38O6. The van der Waals surface area contributed by atoms with Crippen molar-refractivity contribution in [2.75, 3.05) is 33.5 Å². The molecule has 6 heteroatoms. The molecule has 1 aliphatic heterocycles. The van der Waals surface area contributed by atoms with Crippen molar-refractivity contribution in [3.8, 4) is 0 Å². The van der Waals surface area contributed by atoms with Crippen molar-refractivity contribution < 1.29 is 28.8 Å². The highest BCUT2D eigenvalue weighted by Gasteiger charge is 2.48. The van der Waals surface area contributed by atoms with Crippen molar-refractivity contribution in [1.82, 2.24) is 0 Å². The number of unbranched alkanes of at least 4 members (excludes halogenated alkanes) is 3. The minimum atomic E-state index is -0.563. The zero-order chi connectivity index (χ0) is 18.5. The fourth-order valence-electron chi connectivity index (χ4n) is 2.87. The maximum Gasteiger partial charge on any atom is 0.186 e. The second kappa shape index (κ2) is 13.9. The van der Waals surface area contributed by atoms with Crippen LogP contribution in [-0.4, -0.2) is 69.3 Å². The van der Waals surface area contributed by atoms with Crippen molar-refractivity contribution in [2.45, 2.75) is 90.0 Å². The lowest BCUT2D eigenvalue weighted by atomic mass is 9.98. The smallest absolute Gasteiger partial charge is 0.186 e. The molecule has 0 aromatic rings. The molecule has 0 saturated carbocycles. The minimum absolute atomic E-state index is 0.133. The van der Waals surface area contributed by atoms with Crippen LogP contribution in [0.3, 0.4) is 0 Å². The van der Waals surface area contributed by atoms with E-state index in [1.54, 1.807) is 7.11 Å². The number of rotatable bonds is 14. The maximum atomic E-state index is 9.76. The summed E-state index contributed by atoms with van der Waals surface area (Å²) in [4.78, 5) is 0. The Kier molecular flexibility index (Phi) is 12.7. The molecule has 0 aliphatic carbocycles. The number of aliphatic hydroxyl groups excluding tert-OH is 1. The van der Waals surface area contributed by atoms with E-state index in [4.69, 9.17) is 23.7 Å². The van der Waals surface area contributed by atoms with E-state index in [9.17, 15) is 5.11 Å². The molecule has 0 radical (unpaired) electrons. The Bertz CT molecular complexity index is 290. The van der Waals surface area contributed by atoms with Crippen molar-refractivity contribution >= 4 is 0 Å². The highest BCUT2D eigenvalue weighted by molar-refractivity contribution is 4.92. The normalized spacial score (nSPS) is 29.9. The van der Waals surface area contributed by atoms with E-state index in [0.717, 1.165) is 38.5 Å². The van der Waals surface area contributed by atoms with E-state index in [0.29, 0.717) is 19.8 Å². The van der Waals surface area contributed by atoms with E-state index in [2.05, 4.69) is 20.8 Å². The summed E-state index contributed by atoms with van der Waals surface area (Å²) in [6, 6.07) is 0. The molecule has 1 heterocycles. The van der Waals surface area contributed by atoms with Crippen molar-refractivity contribution in [3.63, 3.8) is 0 Å². The zero-order valence-corrected chi connectivity index (χ0v) is 16.4.